The van der Waals surface area contributed by atoms with Crippen molar-refractivity contribution in [2.45, 2.75) is 12.8 Å². The summed E-state index contributed by atoms with van der Waals surface area (Å²) in [5.74, 6) is 3.26. The summed E-state index contributed by atoms with van der Waals surface area (Å²) < 4.78 is 4.54. The SMILES string of the molecule is C1=c2/c3ccccc3/c3n2Cn2c(c4ccccc4c2/N=C2\NC(\N=3)c3ccccc32)/N=C2N=C/1c1ccccc1\2. The van der Waals surface area contributed by atoms with Crippen LogP contribution in [0, 0.1) is 0 Å². The Morgan fingerprint density at radius 1 is 0.610 bits per heavy atom. The largest absolute Gasteiger partial charge is 0.344 e. The van der Waals surface area contributed by atoms with Crippen LogP contribution in [-0.2, 0) is 6.67 Å². The van der Waals surface area contributed by atoms with Gasteiger partial charge < -0.3 is 9.88 Å². The molecule has 41 heavy (non-hydrogen) atoms. The molecular weight excluding hydrogens is 506 g/mol. The lowest BCUT2D eigenvalue weighted by atomic mass is 10.0. The Labute approximate surface area is 233 Å². The highest BCUT2D eigenvalue weighted by atomic mass is 15.3. The summed E-state index contributed by atoms with van der Waals surface area (Å²) in [6, 6.07) is 33.7. The van der Waals surface area contributed by atoms with Crippen LogP contribution in [0.5, 0.6) is 0 Å². The monoisotopic (exact) mass is 527 g/mol. The first-order valence-corrected chi connectivity index (χ1v) is 13.8. The maximum Gasteiger partial charge on any atom is 0.162 e. The number of nitrogens with zero attached hydrogens (tertiary/aromatic N) is 6. The molecule has 1 atom stereocenters. The van der Waals surface area contributed by atoms with Gasteiger partial charge in [0.15, 0.2) is 5.84 Å². The molecular formula is C34H21N7. The Bertz CT molecular complexity index is 2380. The van der Waals surface area contributed by atoms with Crippen LogP contribution in [-0.4, -0.2) is 26.5 Å². The second-order valence-electron chi connectivity index (χ2n) is 10.8. The predicted octanol–water partition coefficient (Wildman–Crippen LogP) is 5.09. The van der Waals surface area contributed by atoms with Crippen molar-refractivity contribution in [2.75, 3.05) is 0 Å². The quantitative estimate of drug-likeness (QED) is 0.294. The topological polar surface area (TPSA) is 71.3 Å². The molecule has 0 radical (unpaired) electrons. The smallest absolute Gasteiger partial charge is 0.162 e. The summed E-state index contributed by atoms with van der Waals surface area (Å²) in [7, 11) is 0. The van der Waals surface area contributed by atoms with Gasteiger partial charge in [-0.2, -0.15) is 0 Å². The van der Waals surface area contributed by atoms with Crippen LogP contribution in [0.3, 0.4) is 0 Å². The fourth-order valence-corrected chi connectivity index (χ4v) is 6.74. The summed E-state index contributed by atoms with van der Waals surface area (Å²) >= 11 is 0. The molecule has 1 N–H and O–H groups in total. The summed E-state index contributed by atoms with van der Waals surface area (Å²) in [5, 5.41) is 9.07. The summed E-state index contributed by atoms with van der Waals surface area (Å²) in [6.45, 7) is 0.513. The molecule has 4 aliphatic rings. The van der Waals surface area contributed by atoms with Crippen molar-refractivity contribution in [1.29, 1.82) is 0 Å². The lowest BCUT2D eigenvalue weighted by Gasteiger charge is -2.15. The molecule has 0 aliphatic carbocycles. The molecule has 7 heteroatoms. The number of rotatable bonds is 0. The van der Waals surface area contributed by atoms with E-state index in [1.54, 1.807) is 0 Å². The van der Waals surface area contributed by atoms with Gasteiger partial charge in [-0.3, -0.25) is 4.57 Å². The van der Waals surface area contributed by atoms with E-state index in [9.17, 15) is 0 Å². The minimum Gasteiger partial charge on any atom is -0.344 e. The minimum atomic E-state index is -0.246. The number of amidine groups is 2. The molecule has 0 amide bonds. The highest BCUT2D eigenvalue weighted by Crippen LogP contribution is 2.40. The number of fused-ring (bicyclic) bond motifs is 15. The first-order chi connectivity index (χ1) is 20.3. The summed E-state index contributed by atoms with van der Waals surface area (Å²) in [6.07, 6.45) is 1.96. The van der Waals surface area contributed by atoms with E-state index in [0.717, 1.165) is 83.7 Å². The van der Waals surface area contributed by atoms with E-state index in [4.69, 9.17) is 20.0 Å². The molecule has 0 saturated heterocycles. The number of aliphatic imine (C=N–C) groups is 3. The number of benzene rings is 4. The van der Waals surface area contributed by atoms with Crippen molar-refractivity contribution in [3.63, 3.8) is 0 Å². The third kappa shape index (κ3) is 2.77. The van der Waals surface area contributed by atoms with E-state index in [-0.39, 0.29) is 6.17 Å². The van der Waals surface area contributed by atoms with Crippen LogP contribution in [0.2, 0.25) is 0 Å². The molecule has 2 aromatic heterocycles. The lowest BCUT2D eigenvalue weighted by molar-refractivity contribution is 0.567. The fraction of sp³-hybridized carbons (Fsp3) is 0.0588. The fourth-order valence-electron chi connectivity index (χ4n) is 6.74. The molecule has 192 valence electrons. The highest BCUT2D eigenvalue weighted by Gasteiger charge is 2.30. The molecule has 6 bridgehead atoms. The Morgan fingerprint density at radius 2 is 1.27 bits per heavy atom. The van der Waals surface area contributed by atoms with E-state index in [1.165, 1.54) is 0 Å². The molecule has 6 heterocycles. The van der Waals surface area contributed by atoms with Gasteiger partial charge in [-0.05, 0) is 6.08 Å². The van der Waals surface area contributed by atoms with Crippen molar-refractivity contribution >= 4 is 56.6 Å². The lowest BCUT2D eigenvalue weighted by Crippen LogP contribution is -2.33. The Morgan fingerprint density at radius 3 is 2.10 bits per heavy atom. The normalized spacial score (nSPS) is 21.7. The van der Waals surface area contributed by atoms with Gasteiger partial charge in [-0.1, -0.05) is 97.1 Å². The number of aromatic nitrogens is 2. The number of nitrogens with one attached hydrogen (secondary N) is 1. The van der Waals surface area contributed by atoms with Gasteiger partial charge in [-0.25, -0.2) is 20.0 Å². The first kappa shape index (κ1) is 21.3. The molecule has 10 rings (SSSR count). The van der Waals surface area contributed by atoms with Crippen LogP contribution in [0.25, 0.3) is 27.6 Å². The zero-order valence-electron chi connectivity index (χ0n) is 21.8. The van der Waals surface area contributed by atoms with Gasteiger partial charge in [0.1, 0.15) is 35.8 Å². The van der Waals surface area contributed by atoms with Gasteiger partial charge in [-0.15, -0.1) is 0 Å². The zero-order chi connectivity index (χ0) is 26.7. The van der Waals surface area contributed by atoms with Crippen LogP contribution in [0.1, 0.15) is 28.4 Å². The Kier molecular flexibility index (Phi) is 3.92. The van der Waals surface area contributed by atoms with Gasteiger partial charge in [0.25, 0.3) is 0 Å². The average molecular weight is 528 g/mol. The Hall–Kier alpha value is -5.56. The zero-order valence-corrected chi connectivity index (χ0v) is 21.8. The number of hydrogen-bond donors (Lipinski definition) is 1. The number of hydrogen-bond acceptors (Lipinski definition) is 5. The van der Waals surface area contributed by atoms with Crippen LogP contribution >= 0.6 is 0 Å². The maximum absolute atomic E-state index is 5.40. The third-order valence-electron chi connectivity index (χ3n) is 8.60. The minimum absolute atomic E-state index is 0.246. The molecule has 4 aliphatic heterocycles. The molecule has 1 unspecified atom stereocenters. The van der Waals surface area contributed by atoms with Crippen molar-refractivity contribution in [3.05, 3.63) is 130 Å². The second-order valence-corrected chi connectivity index (χ2v) is 10.8. The van der Waals surface area contributed by atoms with Crippen LogP contribution in [0.15, 0.2) is 117 Å². The van der Waals surface area contributed by atoms with E-state index in [2.05, 4.69) is 118 Å². The van der Waals surface area contributed by atoms with Gasteiger partial charge >= 0.3 is 0 Å². The maximum atomic E-state index is 5.40. The molecule has 0 fully saturated rings. The van der Waals surface area contributed by atoms with Crippen molar-refractivity contribution in [1.82, 2.24) is 14.5 Å². The van der Waals surface area contributed by atoms with Gasteiger partial charge in [0, 0.05) is 43.8 Å². The van der Waals surface area contributed by atoms with Gasteiger partial charge in [0.05, 0.1) is 11.1 Å². The van der Waals surface area contributed by atoms with E-state index in [1.807, 2.05) is 0 Å². The molecule has 0 saturated carbocycles. The summed E-state index contributed by atoms with van der Waals surface area (Å²) in [5.41, 5.74) is 6.16. The van der Waals surface area contributed by atoms with Gasteiger partial charge in [0.2, 0.25) is 0 Å². The van der Waals surface area contributed by atoms with E-state index < -0.39 is 0 Å². The highest BCUT2D eigenvalue weighted by molar-refractivity contribution is 6.34. The van der Waals surface area contributed by atoms with Crippen LogP contribution in [0.4, 0.5) is 11.6 Å². The van der Waals surface area contributed by atoms with Crippen molar-refractivity contribution in [2.24, 2.45) is 20.0 Å². The predicted molar refractivity (Wildman–Crippen MR) is 162 cm³/mol. The summed E-state index contributed by atoms with van der Waals surface area (Å²) in [4.78, 5) is 21.1. The average Bonchev–Trinajstić information content (AvgIpc) is 3.72. The molecule has 6 aromatic rings. The van der Waals surface area contributed by atoms with Crippen molar-refractivity contribution < 1.29 is 0 Å². The molecule has 4 aromatic carbocycles. The molecule has 7 nitrogen and oxygen atoms in total. The molecule has 0 spiro atoms. The van der Waals surface area contributed by atoms with E-state index in [0.29, 0.717) is 6.67 Å². The van der Waals surface area contributed by atoms with Crippen molar-refractivity contribution in [3.8, 4) is 0 Å². The first-order valence-electron chi connectivity index (χ1n) is 13.8. The standard InChI is InChI=1S/C34H21N7/c1-3-11-21-19(9-1)27-17-28-20-10-2-6-14-24(20)32-38-30-22-12-4-5-13-23(22)31(36-30)39-34-26-16-8-7-15-25(26)33(37-29(21)35-27)41(34)18-40(28)32/h1-17,30H,18H2,(H,36,39)/b28-17-,37-29-,38-32-. The van der Waals surface area contributed by atoms with Crippen LogP contribution < -0.4 is 16.2 Å². The third-order valence-corrected chi connectivity index (χ3v) is 8.60. The second kappa shape index (κ2) is 7.55. The Balaban J connectivity index is 1.47. The van der Waals surface area contributed by atoms with E-state index >= 15 is 0 Å².